The molecular formula is C13H11Br2NO2S. The highest BCUT2D eigenvalue weighted by atomic mass is 79.9. The van der Waals surface area contributed by atoms with Crippen molar-refractivity contribution in [3.8, 4) is 0 Å². The summed E-state index contributed by atoms with van der Waals surface area (Å²) < 4.78 is 27.5. The van der Waals surface area contributed by atoms with E-state index in [1.54, 1.807) is 36.4 Å². The highest BCUT2D eigenvalue weighted by Gasteiger charge is 2.16. The third-order valence-electron chi connectivity index (χ3n) is 2.49. The van der Waals surface area contributed by atoms with E-state index < -0.39 is 10.0 Å². The molecule has 3 nitrogen and oxygen atoms in total. The first kappa shape index (κ1) is 14.6. The van der Waals surface area contributed by atoms with Crippen LogP contribution in [0.5, 0.6) is 0 Å². The van der Waals surface area contributed by atoms with E-state index in [0.717, 1.165) is 10.9 Å². The van der Waals surface area contributed by atoms with Crippen LogP contribution < -0.4 is 4.72 Å². The van der Waals surface area contributed by atoms with Crippen LogP contribution in [-0.4, -0.2) is 8.42 Å². The van der Waals surface area contributed by atoms with Crippen LogP contribution >= 0.6 is 31.9 Å². The molecule has 0 radical (unpaired) electrons. The lowest BCUT2D eigenvalue weighted by Crippen LogP contribution is -2.13. The molecule has 0 saturated carbocycles. The SMILES string of the molecule is O=S(=O)(Nc1ccc(CBr)cc1)c1ccccc1Br. The van der Waals surface area contributed by atoms with Crippen molar-refractivity contribution < 1.29 is 8.42 Å². The van der Waals surface area contributed by atoms with E-state index in [9.17, 15) is 8.42 Å². The van der Waals surface area contributed by atoms with Crippen LogP contribution in [-0.2, 0) is 15.4 Å². The number of sulfonamides is 1. The van der Waals surface area contributed by atoms with Gasteiger partial charge in [-0.1, -0.05) is 40.2 Å². The van der Waals surface area contributed by atoms with Gasteiger partial charge in [0, 0.05) is 15.5 Å². The fraction of sp³-hybridized carbons (Fsp3) is 0.0769. The van der Waals surface area contributed by atoms with Crippen LogP contribution in [0.2, 0.25) is 0 Å². The topological polar surface area (TPSA) is 46.2 Å². The first-order valence-corrected chi connectivity index (χ1v) is 8.85. The van der Waals surface area contributed by atoms with Crippen molar-refractivity contribution in [2.45, 2.75) is 10.2 Å². The predicted molar refractivity (Wildman–Crippen MR) is 84.0 cm³/mol. The van der Waals surface area contributed by atoms with Gasteiger partial charge in [0.1, 0.15) is 4.90 Å². The molecule has 19 heavy (non-hydrogen) atoms. The Morgan fingerprint density at radius 3 is 2.21 bits per heavy atom. The second kappa shape index (κ2) is 6.07. The van der Waals surface area contributed by atoms with Crippen molar-refractivity contribution in [1.29, 1.82) is 0 Å². The largest absolute Gasteiger partial charge is 0.280 e. The van der Waals surface area contributed by atoms with Crippen molar-refractivity contribution >= 4 is 47.6 Å². The van der Waals surface area contributed by atoms with Gasteiger partial charge in [-0.25, -0.2) is 8.42 Å². The predicted octanol–water partition coefficient (Wildman–Crippen LogP) is 4.14. The summed E-state index contributed by atoms with van der Waals surface area (Å²) in [6.07, 6.45) is 0. The maximum atomic E-state index is 12.2. The van der Waals surface area contributed by atoms with Gasteiger partial charge in [-0.15, -0.1) is 0 Å². The zero-order chi connectivity index (χ0) is 13.9. The molecule has 0 saturated heterocycles. The number of halogens is 2. The molecule has 100 valence electrons. The van der Waals surface area contributed by atoms with E-state index in [1.807, 2.05) is 12.1 Å². The summed E-state index contributed by atoms with van der Waals surface area (Å²) in [5, 5.41) is 0.740. The van der Waals surface area contributed by atoms with E-state index in [1.165, 1.54) is 0 Å². The smallest absolute Gasteiger partial charge is 0.263 e. The first-order chi connectivity index (χ1) is 9.03. The summed E-state index contributed by atoms with van der Waals surface area (Å²) in [6.45, 7) is 0. The van der Waals surface area contributed by atoms with Gasteiger partial charge < -0.3 is 0 Å². The number of anilines is 1. The van der Waals surface area contributed by atoms with Gasteiger partial charge in [0.15, 0.2) is 0 Å². The van der Waals surface area contributed by atoms with Crippen LogP contribution in [0.3, 0.4) is 0 Å². The van der Waals surface area contributed by atoms with Gasteiger partial charge in [-0.3, -0.25) is 4.72 Å². The van der Waals surface area contributed by atoms with Crippen molar-refractivity contribution in [1.82, 2.24) is 0 Å². The number of rotatable bonds is 4. The second-order valence-electron chi connectivity index (χ2n) is 3.87. The van der Waals surface area contributed by atoms with Crippen LogP contribution in [0.25, 0.3) is 0 Å². The maximum Gasteiger partial charge on any atom is 0.263 e. The van der Waals surface area contributed by atoms with E-state index in [2.05, 4.69) is 36.6 Å². The lowest BCUT2D eigenvalue weighted by Gasteiger charge is -2.09. The molecule has 6 heteroatoms. The summed E-state index contributed by atoms with van der Waals surface area (Å²) >= 11 is 6.59. The number of hydrogen-bond acceptors (Lipinski definition) is 2. The first-order valence-electron chi connectivity index (χ1n) is 5.45. The van der Waals surface area contributed by atoms with Crippen molar-refractivity contribution in [2.75, 3.05) is 4.72 Å². The number of nitrogens with one attached hydrogen (secondary N) is 1. The van der Waals surface area contributed by atoms with E-state index >= 15 is 0 Å². The average molecular weight is 405 g/mol. The molecule has 2 rings (SSSR count). The van der Waals surface area contributed by atoms with Crippen LogP contribution in [0.4, 0.5) is 5.69 Å². The molecule has 0 aliphatic rings. The Morgan fingerprint density at radius 2 is 1.63 bits per heavy atom. The van der Waals surface area contributed by atoms with Crippen LogP contribution in [0.15, 0.2) is 57.9 Å². The monoisotopic (exact) mass is 403 g/mol. The standard InChI is InChI=1S/C13H11Br2NO2S/c14-9-10-5-7-11(8-6-10)16-19(17,18)13-4-2-1-3-12(13)15/h1-8,16H,9H2. The second-order valence-corrected chi connectivity index (χ2v) is 6.93. The molecule has 0 aliphatic carbocycles. The van der Waals surface area contributed by atoms with Crippen molar-refractivity contribution in [2.24, 2.45) is 0 Å². The summed E-state index contributed by atoms with van der Waals surface area (Å²) in [4.78, 5) is 0.222. The Morgan fingerprint density at radius 1 is 1.00 bits per heavy atom. The molecule has 0 fully saturated rings. The highest BCUT2D eigenvalue weighted by molar-refractivity contribution is 9.10. The molecule has 0 bridgehead atoms. The molecule has 1 N–H and O–H groups in total. The van der Waals surface area contributed by atoms with Gasteiger partial charge in [-0.2, -0.15) is 0 Å². The molecule has 0 amide bonds. The molecule has 2 aromatic carbocycles. The molecule has 0 spiro atoms. The quantitative estimate of drug-likeness (QED) is 0.778. The lowest BCUT2D eigenvalue weighted by molar-refractivity contribution is 0.601. The lowest BCUT2D eigenvalue weighted by atomic mass is 10.2. The summed E-state index contributed by atoms with van der Waals surface area (Å²) in [7, 11) is -3.57. The Hall–Kier alpha value is -0.850. The van der Waals surface area contributed by atoms with Gasteiger partial charge >= 0.3 is 0 Å². The fourth-order valence-corrected chi connectivity index (χ4v) is 3.97. The number of hydrogen-bond donors (Lipinski definition) is 1. The fourth-order valence-electron chi connectivity index (χ4n) is 1.53. The molecule has 0 aliphatic heterocycles. The van der Waals surface area contributed by atoms with E-state index in [0.29, 0.717) is 10.2 Å². The normalized spacial score (nSPS) is 11.3. The zero-order valence-corrected chi connectivity index (χ0v) is 13.8. The minimum atomic E-state index is -3.57. The zero-order valence-electron chi connectivity index (χ0n) is 9.81. The highest BCUT2D eigenvalue weighted by Crippen LogP contribution is 2.24. The van der Waals surface area contributed by atoms with E-state index in [-0.39, 0.29) is 4.90 Å². The number of alkyl halides is 1. The van der Waals surface area contributed by atoms with Crippen molar-refractivity contribution in [3.63, 3.8) is 0 Å². The number of benzene rings is 2. The minimum Gasteiger partial charge on any atom is -0.280 e. The molecule has 0 aromatic heterocycles. The third kappa shape index (κ3) is 3.58. The third-order valence-corrected chi connectivity index (χ3v) is 5.53. The Labute approximate surface area is 129 Å². The van der Waals surface area contributed by atoms with Crippen molar-refractivity contribution in [3.05, 3.63) is 58.6 Å². The van der Waals surface area contributed by atoms with E-state index in [4.69, 9.17) is 0 Å². The molecule has 0 atom stereocenters. The van der Waals surface area contributed by atoms with Crippen LogP contribution in [0.1, 0.15) is 5.56 Å². The van der Waals surface area contributed by atoms with Gasteiger partial charge in [-0.05, 0) is 45.8 Å². The Balaban J connectivity index is 2.28. The minimum absolute atomic E-state index is 0.222. The molecule has 0 heterocycles. The molecular weight excluding hydrogens is 394 g/mol. The summed E-state index contributed by atoms with van der Waals surface area (Å²) in [5.74, 6) is 0. The average Bonchev–Trinajstić information content (AvgIpc) is 2.39. The molecule has 0 unspecified atom stereocenters. The summed E-state index contributed by atoms with van der Waals surface area (Å²) in [5.41, 5.74) is 1.63. The van der Waals surface area contributed by atoms with Gasteiger partial charge in [0.2, 0.25) is 0 Å². The Kier molecular flexibility index (Phi) is 4.65. The van der Waals surface area contributed by atoms with Gasteiger partial charge in [0.25, 0.3) is 10.0 Å². The maximum absolute atomic E-state index is 12.2. The summed E-state index contributed by atoms with van der Waals surface area (Å²) in [6, 6.07) is 13.9. The van der Waals surface area contributed by atoms with Gasteiger partial charge in [0.05, 0.1) is 0 Å². The molecule has 2 aromatic rings. The van der Waals surface area contributed by atoms with Crippen LogP contribution in [0, 0.1) is 0 Å². The Bertz CT molecular complexity index is 669.